The first-order valence-corrected chi connectivity index (χ1v) is 11.5. The SMILES string of the molecule is O=S(=O)(c1ccc(-c2csc(-c3cccc(Br)c3)n2)cc1)N1CCOCC1. The van der Waals surface area contributed by atoms with Crippen LogP contribution in [-0.4, -0.2) is 44.0 Å². The molecule has 0 amide bonds. The Labute approximate surface area is 170 Å². The minimum absolute atomic E-state index is 0.301. The molecule has 0 radical (unpaired) electrons. The van der Waals surface area contributed by atoms with Gasteiger partial charge in [-0.25, -0.2) is 13.4 Å². The van der Waals surface area contributed by atoms with E-state index < -0.39 is 10.0 Å². The smallest absolute Gasteiger partial charge is 0.243 e. The number of halogens is 1. The first-order chi connectivity index (χ1) is 13.0. The van der Waals surface area contributed by atoms with E-state index in [-0.39, 0.29) is 0 Å². The standard InChI is InChI=1S/C19H17BrN2O3S2/c20-16-3-1-2-15(12-16)19-21-18(13-26-19)14-4-6-17(7-5-14)27(23,24)22-8-10-25-11-9-22/h1-7,12-13H,8-11H2. The van der Waals surface area contributed by atoms with E-state index in [0.717, 1.165) is 26.3 Å². The zero-order chi connectivity index (χ0) is 18.9. The van der Waals surface area contributed by atoms with Gasteiger partial charge in [0, 0.05) is 34.1 Å². The summed E-state index contributed by atoms with van der Waals surface area (Å²) < 4.78 is 33.1. The molecular weight excluding hydrogens is 448 g/mol. The summed E-state index contributed by atoms with van der Waals surface area (Å²) in [5, 5.41) is 2.91. The highest BCUT2D eigenvalue weighted by atomic mass is 79.9. The van der Waals surface area contributed by atoms with Crippen LogP contribution in [0.2, 0.25) is 0 Å². The summed E-state index contributed by atoms with van der Waals surface area (Å²) >= 11 is 5.04. The highest BCUT2D eigenvalue weighted by Gasteiger charge is 2.26. The molecule has 8 heteroatoms. The summed E-state index contributed by atoms with van der Waals surface area (Å²) in [6, 6.07) is 14.9. The Hall–Kier alpha value is -1.58. The Morgan fingerprint density at radius 2 is 1.78 bits per heavy atom. The minimum atomic E-state index is -3.47. The second-order valence-corrected chi connectivity index (χ2v) is 9.80. The molecule has 1 aromatic heterocycles. The fourth-order valence-corrected chi connectivity index (χ4v) is 5.53. The Kier molecular flexibility index (Phi) is 5.43. The van der Waals surface area contributed by atoms with Gasteiger partial charge in [-0.05, 0) is 24.3 Å². The number of nitrogens with zero attached hydrogens (tertiary/aromatic N) is 2. The Morgan fingerprint density at radius 3 is 2.48 bits per heavy atom. The van der Waals surface area contributed by atoms with Gasteiger partial charge in [0.25, 0.3) is 0 Å². The van der Waals surface area contributed by atoms with Gasteiger partial charge in [-0.3, -0.25) is 0 Å². The molecule has 0 aliphatic carbocycles. The van der Waals surface area contributed by atoms with Gasteiger partial charge in [-0.2, -0.15) is 4.31 Å². The number of ether oxygens (including phenoxy) is 1. The molecule has 1 saturated heterocycles. The van der Waals surface area contributed by atoms with Gasteiger partial charge in [-0.15, -0.1) is 11.3 Å². The molecule has 140 valence electrons. The van der Waals surface area contributed by atoms with Crippen LogP contribution in [0.5, 0.6) is 0 Å². The van der Waals surface area contributed by atoms with Gasteiger partial charge in [0.05, 0.1) is 23.8 Å². The van der Waals surface area contributed by atoms with E-state index in [1.54, 1.807) is 23.5 Å². The number of aromatic nitrogens is 1. The van der Waals surface area contributed by atoms with E-state index in [1.165, 1.54) is 4.31 Å². The number of sulfonamides is 1. The van der Waals surface area contributed by atoms with Crippen LogP contribution in [0.3, 0.4) is 0 Å². The van der Waals surface area contributed by atoms with Crippen molar-refractivity contribution in [1.82, 2.24) is 9.29 Å². The van der Waals surface area contributed by atoms with E-state index in [2.05, 4.69) is 15.9 Å². The third kappa shape index (κ3) is 4.00. The molecule has 1 aliphatic heterocycles. The highest BCUT2D eigenvalue weighted by molar-refractivity contribution is 9.10. The molecular formula is C19H17BrN2O3S2. The van der Waals surface area contributed by atoms with Crippen molar-refractivity contribution in [2.45, 2.75) is 4.90 Å². The van der Waals surface area contributed by atoms with E-state index in [9.17, 15) is 8.42 Å². The van der Waals surface area contributed by atoms with E-state index in [4.69, 9.17) is 9.72 Å². The molecule has 27 heavy (non-hydrogen) atoms. The number of hydrogen-bond acceptors (Lipinski definition) is 5. The molecule has 5 nitrogen and oxygen atoms in total. The average molecular weight is 465 g/mol. The van der Waals surface area contributed by atoms with Crippen molar-refractivity contribution < 1.29 is 13.2 Å². The second-order valence-electron chi connectivity index (χ2n) is 6.09. The molecule has 1 aliphatic rings. The van der Waals surface area contributed by atoms with Crippen molar-refractivity contribution in [3.8, 4) is 21.8 Å². The second kappa shape index (κ2) is 7.81. The lowest BCUT2D eigenvalue weighted by Gasteiger charge is -2.26. The Balaban J connectivity index is 1.58. The summed E-state index contributed by atoms with van der Waals surface area (Å²) in [6.45, 7) is 1.67. The van der Waals surface area contributed by atoms with Crippen molar-refractivity contribution in [2.75, 3.05) is 26.3 Å². The van der Waals surface area contributed by atoms with Gasteiger partial charge in [0.1, 0.15) is 5.01 Å². The van der Waals surface area contributed by atoms with E-state index >= 15 is 0 Å². The molecule has 0 N–H and O–H groups in total. The van der Waals surface area contributed by atoms with Gasteiger partial charge in [0.2, 0.25) is 10.0 Å². The summed E-state index contributed by atoms with van der Waals surface area (Å²) in [7, 11) is -3.47. The van der Waals surface area contributed by atoms with Crippen molar-refractivity contribution in [1.29, 1.82) is 0 Å². The predicted octanol–water partition coefficient (Wildman–Crippen LogP) is 4.26. The highest BCUT2D eigenvalue weighted by Crippen LogP contribution is 2.31. The van der Waals surface area contributed by atoms with Crippen LogP contribution >= 0.6 is 27.3 Å². The van der Waals surface area contributed by atoms with Crippen molar-refractivity contribution in [3.63, 3.8) is 0 Å². The number of rotatable bonds is 4. The molecule has 0 saturated carbocycles. The Bertz CT molecular complexity index is 1040. The molecule has 2 aromatic carbocycles. The lowest BCUT2D eigenvalue weighted by atomic mass is 10.2. The summed E-state index contributed by atoms with van der Waals surface area (Å²) in [5.41, 5.74) is 2.78. The van der Waals surface area contributed by atoms with Crippen LogP contribution in [0.4, 0.5) is 0 Å². The number of benzene rings is 2. The number of hydrogen-bond donors (Lipinski definition) is 0. The first kappa shape index (κ1) is 18.8. The van der Waals surface area contributed by atoms with E-state index in [1.807, 2.05) is 41.8 Å². The van der Waals surface area contributed by atoms with Crippen LogP contribution in [0.15, 0.2) is 63.3 Å². The van der Waals surface area contributed by atoms with Crippen LogP contribution in [-0.2, 0) is 14.8 Å². The molecule has 0 bridgehead atoms. The summed E-state index contributed by atoms with van der Waals surface area (Å²) in [6.07, 6.45) is 0. The molecule has 3 aromatic rings. The minimum Gasteiger partial charge on any atom is -0.379 e. The van der Waals surface area contributed by atoms with Gasteiger partial charge in [-0.1, -0.05) is 40.2 Å². The van der Waals surface area contributed by atoms with Crippen molar-refractivity contribution >= 4 is 37.3 Å². The third-order valence-electron chi connectivity index (χ3n) is 4.33. The molecule has 1 fully saturated rings. The molecule has 4 rings (SSSR count). The summed E-state index contributed by atoms with van der Waals surface area (Å²) in [5.74, 6) is 0. The number of thiazole rings is 1. The maximum absolute atomic E-state index is 12.7. The molecule has 0 spiro atoms. The molecule has 2 heterocycles. The fourth-order valence-electron chi connectivity index (χ4n) is 2.89. The maximum atomic E-state index is 12.7. The fraction of sp³-hybridized carbons (Fsp3) is 0.211. The maximum Gasteiger partial charge on any atom is 0.243 e. The summed E-state index contributed by atoms with van der Waals surface area (Å²) in [4.78, 5) is 5.00. The zero-order valence-corrected chi connectivity index (χ0v) is 17.6. The quantitative estimate of drug-likeness (QED) is 0.578. The monoisotopic (exact) mass is 464 g/mol. The van der Waals surface area contributed by atoms with Crippen molar-refractivity contribution in [2.24, 2.45) is 0 Å². The lowest BCUT2D eigenvalue weighted by molar-refractivity contribution is 0.0730. The Morgan fingerprint density at radius 1 is 1.04 bits per heavy atom. The van der Waals surface area contributed by atoms with Gasteiger partial charge in [0.15, 0.2) is 0 Å². The molecule has 0 unspecified atom stereocenters. The first-order valence-electron chi connectivity index (χ1n) is 8.44. The predicted molar refractivity (Wildman–Crippen MR) is 110 cm³/mol. The van der Waals surface area contributed by atoms with Gasteiger partial charge >= 0.3 is 0 Å². The van der Waals surface area contributed by atoms with Gasteiger partial charge < -0.3 is 4.74 Å². The van der Waals surface area contributed by atoms with Crippen LogP contribution in [0, 0.1) is 0 Å². The van der Waals surface area contributed by atoms with Crippen LogP contribution < -0.4 is 0 Å². The van der Waals surface area contributed by atoms with Crippen LogP contribution in [0.25, 0.3) is 21.8 Å². The van der Waals surface area contributed by atoms with Crippen LogP contribution in [0.1, 0.15) is 0 Å². The van der Waals surface area contributed by atoms with E-state index in [0.29, 0.717) is 31.2 Å². The number of morpholine rings is 1. The molecule has 0 atom stereocenters. The largest absolute Gasteiger partial charge is 0.379 e. The third-order valence-corrected chi connectivity index (χ3v) is 7.63. The lowest BCUT2D eigenvalue weighted by Crippen LogP contribution is -2.40. The average Bonchev–Trinajstić information content (AvgIpc) is 3.19. The van der Waals surface area contributed by atoms with Crippen molar-refractivity contribution in [3.05, 3.63) is 58.4 Å². The topological polar surface area (TPSA) is 59.5 Å². The normalized spacial score (nSPS) is 15.7. The zero-order valence-electron chi connectivity index (χ0n) is 14.3.